The zero-order valence-corrected chi connectivity index (χ0v) is 15.3. The van der Waals surface area contributed by atoms with Crippen LogP contribution in [0, 0.1) is 0 Å². The monoisotopic (exact) mass is 523 g/mol. The second-order valence-corrected chi connectivity index (χ2v) is 7.95. The van der Waals surface area contributed by atoms with Gasteiger partial charge in [-0.15, -0.1) is 0 Å². The fourth-order valence-electron chi connectivity index (χ4n) is 1.13. The van der Waals surface area contributed by atoms with E-state index in [-0.39, 0.29) is 22.6 Å². The molecule has 1 N–H and O–H groups in total. The highest BCUT2D eigenvalue weighted by atomic mass is 127. The van der Waals surface area contributed by atoms with Gasteiger partial charge in [0.05, 0.1) is 7.11 Å². The van der Waals surface area contributed by atoms with Crippen LogP contribution in [0.15, 0.2) is 0 Å². The number of ether oxygens (including phenoxy) is 2. The number of hydrogen-bond donors (Lipinski definition) is 1. The van der Waals surface area contributed by atoms with Crippen molar-refractivity contribution in [1.29, 1.82) is 0 Å². The second kappa shape index (κ2) is 6.91. The van der Waals surface area contributed by atoms with E-state index in [4.69, 9.17) is 0 Å². The van der Waals surface area contributed by atoms with Gasteiger partial charge in [-0.05, 0) is 13.8 Å². The number of nitrogens with one attached hydrogen (secondary N) is 1. The molecule has 0 aromatic rings. The largest absolute Gasteiger partial charge is 0.468 e. The quantitative estimate of drug-likeness (QED) is 0.229. The minimum absolute atomic E-state index is 0.369. The Kier molecular flexibility index (Phi) is 6.78. The van der Waals surface area contributed by atoms with Crippen molar-refractivity contribution >= 4 is 38.6 Å². The van der Waals surface area contributed by atoms with Crippen molar-refractivity contribution in [2.45, 2.75) is 40.8 Å². The molecule has 0 aromatic carbocycles. The molecule has 0 saturated heterocycles. The molecule has 150 valence electrons. The molecular weight excluding hydrogens is 513 g/mol. The summed E-state index contributed by atoms with van der Waals surface area (Å²) in [6.07, 6.45) is -12.7. The van der Waals surface area contributed by atoms with Crippen LogP contribution in [0.2, 0.25) is 0 Å². The number of halogens is 9. The third-order valence-corrected chi connectivity index (χ3v) is 4.67. The number of sulfonamides is 1. The first-order valence-electron chi connectivity index (χ1n) is 5.67. The molecule has 0 spiro atoms. The maximum atomic E-state index is 13.5. The van der Waals surface area contributed by atoms with Gasteiger partial charge in [-0.25, -0.2) is 13.2 Å². The van der Waals surface area contributed by atoms with Gasteiger partial charge in [0.25, 0.3) is 10.0 Å². The van der Waals surface area contributed by atoms with Gasteiger partial charge < -0.3 is 4.74 Å². The molecule has 0 bridgehead atoms. The van der Waals surface area contributed by atoms with E-state index < -0.39 is 42.9 Å². The Balaban J connectivity index is 5.83. The molecule has 25 heavy (non-hydrogen) atoms. The van der Waals surface area contributed by atoms with Gasteiger partial charge in [0, 0.05) is 22.6 Å². The predicted molar refractivity (Wildman–Crippen MR) is 73.0 cm³/mol. The van der Waals surface area contributed by atoms with Crippen molar-refractivity contribution in [2.24, 2.45) is 0 Å². The average molecular weight is 523 g/mol. The lowest BCUT2D eigenvalue weighted by Gasteiger charge is -2.32. The van der Waals surface area contributed by atoms with Crippen molar-refractivity contribution in [1.82, 2.24) is 4.72 Å². The van der Waals surface area contributed by atoms with E-state index in [0.717, 1.165) is 4.72 Å². The van der Waals surface area contributed by atoms with Gasteiger partial charge in [-0.1, -0.05) is 0 Å². The lowest BCUT2D eigenvalue weighted by atomic mass is 10.1. The minimum Gasteiger partial charge on any atom is -0.468 e. The molecule has 0 atom stereocenters. The Labute approximate surface area is 149 Å². The summed E-state index contributed by atoms with van der Waals surface area (Å²) in [5, 5.41) is -6.46. The third kappa shape index (κ3) is 5.03. The molecular formula is C9H10F8INO5S. The molecule has 0 rings (SSSR count). The van der Waals surface area contributed by atoms with Gasteiger partial charge in [0.15, 0.2) is 0 Å². The van der Waals surface area contributed by atoms with E-state index in [1.165, 1.54) is 0 Å². The maximum Gasteiger partial charge on any atom is 0.448 e. The number of alkyl halides is 9. The summed E-state index contributed by atoms with van der Waals surface area (Å²) in [7, 11) is -5.88. The van der Waals surface area contributed by atoms with E-state index in [1.54, 1.807) is 0 Å². The summed E-state index contributed by atoms with van der Waals surface area (Å²) in [6, 6.07) is 0. The smallest absolute Gasteiger partial charge is 0.448 e. The predicted octanol–water partition coefficient (Wildman–Crippen LogP) is 2.68. The highest BCUT2D eigenvalue weighted by Gasteiger charge is 2.74. The molecule has 0 aliphatic heterocycles. The SMILES string of the molecule is COC(=O)C(C)(C)NS(=O)(=O)C(F)(F)C(F)(F)OC(F)(F)C(F)(F)I. The summed E-state index contributed by atoms with van der Waals surface area (Å²) in [5.41, 5.74) is -2.52. The molecule has 6 nitrogen and oxygen atoms in total. The fourth-order valence-corrected chi connectivity index (χ4v) is 2.48. The van der Waals surface area contributed by atoms with Gasteiger partial charge in [0.1, 0.15) is 5.54 Å². The molecule has 0 aliphatic rings. The maximum absolute atomic E-state index is 13.5. The van der Waals surface area contributed by atoms with Crippen molar-refractivity contribution in [3.8, 4) is 0 Å². The summed E-state index contributed by atoms with van der Waals surface area (Å²) in [4.78, 5) is 11.2. The third-order valence-electron chi connectivity index (χ3n) is 2.35. The Hall–Kier alpha value is -0.490. The number of rotatable bonds is 8. The highest BCUT2D eigenvalue weighted by Crippen LogP contribution is 2.48. The van der Waals surface area contributed by atoms with Crippen LogP contribution in [0.1, 0.15) is 13.8 Å². The molecule has 0 aromatic heterocycles. The zero-order chi connectivity index (χ0) is 20.7. The normalized spacial score (nSPS) is 15.2. The summed E-state index contributed by atoms with van der Waals surface area (Å²) >= 11 is -0.369. The van der Waals surface area contributed by atoms with E-state index in [9.17, 15) is 48.3 Å². The lowest BCUT2D eigenvalue weighted by molar-refractivity contribution is -0.438. The van der Waals surface area contributed by atoms with Crippen LogP contribution in [-0.4, -0.2) is 48.4 Å². The molecule has 0 heterocycles. The number of carbonyl (C=O) groups excluding carboxylic acids is 1. The second-order valence-electron chi connectivity index (χ2n) is 4.87. The van der Waals surface area contributed by atoms with Crippen LogP contribution in [0.3, 0.4) is 0 Å². The summed E-state index contributed by atoms with van der Waals surface area (Å²) < 4.78 is 128. The Morgan fingerprint density at radius 1 is 0.960 bits per heavy atom. The summed E-state index contributed by atoms with van der Waals surface area (Å²) in [5.74, 6) is -1.50. The molecule has 16 heteroatoms. The Bertz CT molecular complexity index is 618. The number of hydrogen-bond acceptors (Lipinski definition) is 5. The number of methoxy groups -OCH3 is 1. The van der Waals surface area contributed by atoms with E-state index in [1.807, 2.05) is 0 Å². The van der Waals surface area contributed by atoms with E-state index >= 15 is 0 Å². The Morgan fingerprint density at radius 2 is 1.36 bits per heavy atom. The van der Waals surface area contributed by atoms with Crippen LogP contribution >= 0.6 is 22.6 Å². The van der Waals surface area contributed by atoms with Gasteiger partial charge in [0.2, 0.25) is 0 Å². The fraction of sp³-hybridized carbons (Fsp3) is 0.889. The van der Waals surface area contributed by atoms with Crippen molar-refractivity contribution < 1.29 is 57.8 Å². The van der Waals surface area contributed by atoms with E-state index in [0.29, 0.717) is 21.0 Å². The number of carbonyl (C=O) groups is 1. The molecule has 0 fully saturated rings. The molecule has 0 amide bonds. The van der Waals surface area contributed by atoms with Crippen LogP contribution in [0.4, 0.5) is 35.1 Å². The van der Waals surface area contributed by atoms with Crippen molar-refractivity contribution in [3.63, 3.8) is 0 Å². The molecule has 0 aliphatic carbocycles. The van der Waals surface area contributed by atoms with Crippen LogP contribution in [0.5, 0.6) is 0 Å². The standard InChI is InChI=1S/C9H10F8INO5S/c1-5(2,4(20)23-3)19-25(21,22)9(16,17)8(14,15)24-7(12,13)6(10,11)18/h19H,1-3H3. The highest BCUT2D eigenvalue weighted by molar-refractivity contribution is 14.1. The first kappa shape index (κ1) is 24.5. The first-order valence-corrected chi connectivity index (χ1v) is 8.23. The Morgan fingerprint density at radius 3 is 1.68 bits per heavy atom. The van der Waals surface area contributed by atoms with Crippen LogP contribution in [-0.2, 0) is 24.3 Å². The van der Waals surface area contributed by atoms with Crippen molar-refractivity contribution in [3.05, 3.63) is 0 Å². The topological polar surface area (TPSA) is 81.7 Å². The van der Waals surface area contributed by atoms with Gasteiger partial charge >= 0.3 is 27.4 Å². The molecule has 0 unspecified atom stereocenters. The minimum atomic E-state index is -6.59. The molecule has 0 saturated carbocycles. The van der Waals surface area contributed by atoms with Crippen molar-refractivity contribution in [2.75, 3.05) is 7.11 Å². The van der Waals surface area contributed by atoms with Gasteiger partial charge in [-0.2, -0.15) is 39.8 Å². The van der Waals surface area contributed by atoms with E-state index in [2.05, 4.69) is 9.47 Å². The molecule has 0 radical (unpaired) electrons. The van der Waals surface area contributed by atoms with Gasteiger partial charge in [-0.3, -0.25) is 4.79 Å². The van der Waals surface area contributed by atoms with Crippen LogP contribution < -0.4 is 4.72 Å². The summed E-state index contributed by atoms with van der Waals surface area (Å²) in [6.45, 7) is 1.25. The first-order chi connectivity index (χ1) is 10.6. The zero-order valence-electron chi connectivity index (χ0n) is 12.4. The van der Waals surface area contributed by atoms with Crippen LogP contribution in [0.25, 0.3) is 0 Å². The number of esters is 1. The average Bonchev–Trinajstić information content (AvgIpc) is 2.33. The lowest BCUT2D eigenvalue weighted by Crippen LogP contribution is -2.61.